The van der Waals surface area contributed by atoms with Gasteiger partial charge in [-0.15, -0.1) is 0 Å². The molecule has 0 aliphatic heterocycles. The molecule has 1 aromatic heterocycles. The zero-order valence-corrected chi connectivity index (χ0v) is 10.1. The van der Waals surface area contributed by atoms with Crippen LogP contribution >= 0.6 is 0 Å². The lowest BCUT2D eigenvalue weighted by Crippen LogP contribution is -2.32. The molecule has 1 aromatic rings. The Bertz CT molecular complexity index is 402. The zero-order chi connectivity index (χ0) is 12.3. The molecular weight excluding hydrogens is 206 g/mol. The van der Waals surface area contributed by atoms with E-state index in [-0.39, 0.29) is 5.97 Å². The fraction of sp³-hybridized carbons (Fsp3) is 0.545. The fourth-order valence-corrected chi connectivity index (χ4v) is 1.39. The highest BCUT2D eigenvalue weighted by Crippen LogP contribution is 2.27. The van der Waals surface area contributed by atoms with Crippen molar-refractivity contribution >= 4 is 11.8 Å². The number of aromatic nitrogens is 2. The Balaban J connectivity index is 3.11. The standard InChI is InChI=1S/C11H17N3O2/c1-5-16-10(15)11(3,4)8-6-13-7(2)14-9(8)12/h6H,5H2,1-4H3,(H2,12,13,14). The predicted octanol–water partition coefficient (Wildman–Crippen LogP) is 1.21. The van der Waals surface area contributed by atoms with Crippen molar-refractivity contribution in [1.29, 1.82) is 0 Å². The second-order valence-corrected chi connectivity index (χ2v) is 4.06. The number of carbonyl (C=O) groups excluding carboxylic acids is 1. The summed E-state index contributed by atoms with van der Waals surface area (Å²) in [5, 5.41) is 0. The Labute approximate surface area is 95.0 Å². The maximum Gasteiger partial charge on any atom is 0.316 e. The quantitative estimate of drug-likeness (QED) is 0.779. The van der Waals surface area contributed by atoms with Crippen LogP contribution in [0, 0.1) is 6.92 Å². The monoisotopic (exact) mass is 223 g/mol. The number of carbonyl (C=O) groups is 1. The van der Waals surface area contributed by atoms with Crippen LogP contribution in [0.15, 0.2) is 6.20 Å². The number of aryl methyl sites for hydroxylation is 1. The van der Waals surface area contributed by atoms with Gasteiger partial charge in [0.15, 0.2) is 0 Å². The number of ether oxygens (including phenoxy) is 1. The van der Waals surface area contributed by atoms with Crippen LogP contribution in [0.25, 0.3) is 0 Å². The third kappa shape index (κ3) is 2.29. The summed E-state index contributed by atoms with van der Waals surface area (Å²) < 4.78 is 5.00. The van der Waals surface area contributed by atoms with Gasteiger partial charge in [0.25, 0.3) is 0 Å². The molecule has 88 valence electrons. The van der Waals surface area contributed by atoms with Crippen LogP contribution in [0.1, 0.15) is 32.2 Å². The van der Waals surface area contributed by atoms with Gasteiger partial charge in [0.05, 0.1) is 12.0 Å². The van der Waals surface area contributed by atoms with Gasteiger partial charge in [-0.3, -0.25) is 4.79 Å². The van der Waals surface area contributed by atoms with Gasteiger partial charge in [-0.05, 0) is 27.7 Å². The van der Waals surface area contributed by atoms with E-state index in [0.29, 0.717) is 23.8 Å². The van der Waals surface area contributed by atoms with Crippen LogP contribution < -0.4 is 5.73 Å². The Hall–Kier alpha value is -1.65. The number of nitrogens with two attached hydrogens (primary N) is 1. The van der Waals surface area contributed by atoms with Crippen molar-refractivity contribution in [2.75, 3.05) is 12.3 Å². The largest absolute Gasteiger partial charge is 0.465 e. The molecule has 1 heterocycles. The molecule has 16 heavy (non-hydrogen) atoms. The van der Waals surface area contributed by atoms with E-state index in [1.165, 1.54) is 0 Å². The second-order valence-electron chi connectivity index (χ2n) is 4.06. The van der Waals surface area contributed by atoms with Crippen LogP contribution in [0.5, 0.6) is 0 Å². The van der Waals surface area contributed by atoms with E-state index in [1.54, 1.807) is 33.9 Å². The van der Waals surface area contributed by atoms with Crippen LogP contribution in [0.3, 0.4) is 0 Å². The van der Waals surface area contributed by atoms with E-state index in [9.17, 15) is 4.79 Å². The molecule has 0 atom stereocenters. The normalized spacial score (nSPS) is 11.2. The van der Waals surface area contributed by atoms with Crippen LogP contribution in [0.2, 0.25) is 0 Å². The first-order valence-electron chi connectivity index (χ1n) is 5.16. The fourth-order valence-electron chi connectivity index (χ4n) is 1.39. The van der Waals surface area contributed by atoms with Crippen molar-refractivity contribution in [2.24, 2.45) is 0 Å². The highest BCUT2D eigenvalue weighted by molar-refractivity contribution is 5.83. The molecule has 2 N–H and O–H groups in total. The summed E-state index contributed by atoms with van der Waals surface area (Å²) in [6.45, 7) is 7.35. The van der Waals surface area contributed by atoms with E-state index in [2.05, 4.69) is 9.97 Å². The molecule has 0 aliphatic rings. The molecule has 0 fully saturated rings. The lowest BCUT2D eigenvalue weighted by molar-refractivity contribution is -0.148. The van der Waals surface area contributed by atoms with Crippen LogP contribution in [-0.2, 0) is 14.9 Å². The van der Waals surface area contributed by atoms with Crippen LogP contribution in [0.4, 0.5) is 5.82 Å². The number of hydrogen-bond donors (Lipinski definition) is 1. The van der Waals surface area contributed by atoms with Gasteiger partial charge >= 0.3 is 5.97 Å². The van der Waals surface area contributed by atoms with E-state index < -0.39 is 5.41 Å². The number of rotatable bonds is 3. The molecule has 1 rings (SSSR count). The van der Waals surface area contributed by atoms with Crippen molar-refractivity contribution in [2.45, 2.75) is 33.1 Å². The van der Waals surface area contributed by atoms with Crippen molar-refractivity contribution in [3.63, 3.8) is 0 Å². The lowest BCUT2D eigenvalue weighted by atomic mass is 9.86. The van der Waals surface area contributed by atoms with Crippen molar-refractivity contribution < 1.29 is 9.53 Å². The SMILES string of the molecule is CCOC(=O)C(C)(C)c1cnc(C)nc1N. The molecule has 0 aliphatic carbocycles. The molecule has 5 nitrogen and oxygen atoms in total. The maximum atomic E-state index is 11.8. The van der Waals surface area contributed by atoms with Gasteiger partial charge in [0.1, 0.15) is 11.6 Å². The minimum atomic E-state index is -0.826. The van der Waals surface area contributed by atoms with Gasteiger partial charge < -0.3 is 10.5 Å². The molecule has 0 amide bonds. The molecule has 0 aromatic carbocycles. The van der Waals surface area contributed by atoms with Gasteiger partial charge in [-0.25, -0.2) is 9.97 Å². The summed E-state index contributed by atoms with van der Waals surface area (Å²) >= 11 is 0. The van der Waals surface area contributed by atoms with Crippen molar-refractivity contribution in [3.05, 3.63) is 17.6 Å². The van der Waals surface area contributed by atoms with Crippen molar-refractivity contribution in [3.8, 4) is 0 Å². The number of hydrogen-bond acceptors (Lipinski definition) is 5. The molecule has 0 saturated heterocycles. The molecule has 0 radical (unpaired) electrons. The Morgan fingerprint density at radius 1 is 1.56 bits per heavy atom. The van der Waals surface area contributed by atoms with Crippen LogP contribution in [-0.4, -0.2) is 22.5 Å². The third-order valence-corrected chi connectivity index (χ3v) is 2.40. The predicted molar refractivity (Wildman–Crippen MR) is 60.8 cm³/mol. The van der Waals surface area contributed by atoms with Gasteiger partial charge in [0, 0.05) is 11.8 Å². The number of anilines is 1. The van der Waals surface area contributed by atoms with E-state index >= 15 is 0 Å². The minimum Gasteiger partial charge on any atom is -0.465 e. The second kappa shape index (κ2) is 4.47. The summed E-state index contributed by atoms with van der Waals surface area (Å²) in [7, 11) is 0. The summed E-state index contributed by atoms with van der Waals surface area (Å²) in [5.74, 6) is 0.584. The molecule has 0 unspecified atom stereocenters. The smallest absolute Gasteiger partial charge is 0.316 e. The summed E-state index contributed by atoms with van der Waals surface area (Å²) in [5.41, 5.74) is 5.55. The van der Waals surface area contributed by atoms with Gasteiger partial charge in [0.2, 0.25) is 0 Å². The third-order valence-electron chi connectivity index (χ3n) is 2.40. The average Bonchev–Trinajstić information content (AvgIpc) is 2.17. The first-order valence-corrected chi connectivity index (χ1v) is 5.16. The topological polar surface area (TPSA) is 78.1 Å². The lowest BCUT2D eigenvalue weighted by Gasteiger charge is -2.23. The highest BCUT2D eigenvalue weighted by Gasteiger charge is 2.34. The molecule has 0 spiro atoms. The average molecular weight is 223 g/mol. The number of nitrogens with zero attached hydrogens (tertiary/aromatic N) is 2. The molecule has 5 heteroatoms. The summed E-state index contributed by atoms with van der Waals surface area (Å²) in [6.07, 6.45) is 1.58. The van der Waals surface area contributed by atoms with E-state index in [1.807, 2.05) is 0 Å². The summed E-state index contributed by atoms with van der Waals surface area (Å²) in [6, 6.07) is 0. The first-order chi connectivity index (χ1) is 7.39. The first kappa shape index (κ1) is 12.4. The molecule has 0 bridgehead atoms. The zero-order valence-electron chi connectivity index (χ0n) is 10.1. The Morgan fingerprint density at radius 3 is 2.69 bits per heavy atom. The maximum absolute atomic E-state index is 11.8. The Kier molecular flexibility index (Phi) is 3.47. The number of esters is 1. The number of nitrogen functional groups attached to an aromatic ring is 1. The molecule has 0 saturated carbocycles. The molecular formula is C11H17N3O2. The van der Waals surface area contributed by atoms with Gasteiger partial charge in [-0.1, -0.05) is 0 Å². The van der Waals surface area contributed by atoms with Gasteiger partial charge in [-0.2, -0.15) is 0 Å². The highest BCUT2D eigenvalue weighted by atomic mass is 16.5. The Morgan fingerprint density at radius 2 is 2.19 bits per heavy atom. The summed E-state index contributed by atoms with van der Waals surface area (Å²) in [4.78, 5) is 19.9. The minimum absolute atomic E-state index is 0.325. The van der Waals surface area contributed by atoms with E-state index in [0.717, 1.165) is 0 Å². The van der Waals surface area contributed by atoms with Crippen molar-refractivity contribution in [1.82, 2.24) is 9.97 Å². The van der Waals surface area contributed by atoms with E-state index in [4.69, 9.17) is 10.5 Å².